The van der Waals surface area contributed by atoms with E-state index in [1.165, 1.54) is 18.9 Å². The Hall–Kier alpha value is -1.00. The lowest BCUT2D eigenvalue weighted by molar-refractivity contribution is 0.168. The monoisotopic (exact) mass is 296 g/mol. The first-order valence-corrected chi connectivity index (χ1v) is 7.89. The molecular formula is C17H26F2N2. The highest BCUT2D eigenvalue weighted by Crippen LogP contribution is 2.25. The summed E-state index contributed by atoms with van der Waals surface area (Å²) in [5, 5.41) is 3.49. The Balaban J connectivity index is 2.13. The normalized spacial score (nSPS) is 20.4. The third-order valence-electron chi connectivity index (χ3n) is 4.18. The zero-order chi connectivity index (χ0) is 15.4. The van der Waals surface area contributed by atoms with Crippen LogP contribution in [0.1, 0.15) is 45.2 Å². The molecule has 0 radical (unpaired) electrons. The predicted octanol–water partition coefficient (Wildman–Crippen LogP) is 3.74. The zero-order valence-electron chi connectivity index (χ0n) is 13.2. The van der Waals surface area contributed by atoms with E-state index in [1.54, 1.807) is 6.07 Å². The Bertz CT molecular complexity index is 456. The van der Waals surface area contributed by atoms with E-state index in [2.05, 4.69) is 24.1 Å². The van der Waals surface area contributed by atoms with Crippen LogP contribution >= 0.6 is 0 Å². The maximum Gasteiger partial charge on any atom is 0.130 e. The van der Waals surface area contributed by atoms with Crippen molar-refractivity contribution in [3.8, 4) is 0 Å². The second kappa shape index (κ2) is 7.32. The van der Waals surface area contributed by atoms with Crippen molar-refractivity contribution >= 4 is 0 Å². The van der Waals surface area contributed by atoms with Crippen LogP contribution in [0.5, 0.6) is 0 Å². The third-order valence-corrected chi connectivity index (χ3v) is 4.18. The topological polar surface area (TPSA) is 15.3 Å². The van der Waals surface area contributed by atoms with E-state index in [1.807, 2.05) is 6.92 Å². The van der Waals surface area contributed by atoms with Crippen LogP contribution in [-0.2, 0) is 0 Å². The smallest absolute Gasteiger partial charge is 0.130 e. The molecule has 2 nitrogen and oxygen atoms in total. The van der Waals surface area contributed by atoms with E-state index in [4.69, 9.17) is 0 Å². The van der Waals surface area contributed by atoms with Gasteiger partial charge in [-0.05, 0) is 38.3 Å². The highest BCUT2D eigenvalue weighted by Gasteiger charge is 2.24. The zero-order valence-corrected chi connectivity index (χ0v) is 13.2. The summed E-state index contributed by atoms with van der Waals surface area (Å²) in [6.45, 7) is 9.24. The summed E-state index contributed by atoms with van der Waals surface area (Å²) in [4.78, 5) is 2.31. The van der Waals surface area contributed by atoms with Gasteiger partial charge in [0, 0.05) is 36.8 Å². The fourth-order valence-corrected chi connectivity index (χ4v) is 3.09. The number of hydrogen-bond acceptors (Lipinski definition) is 2. The van der Waals surface area contributed by atoms with E-state index in [9.17, 15) is 8.78 Å². The van der Waals surface area contributed by atoms with Crippen molar-refractivity contribution in [3.63, 3.8) is 0 Å². The van der Waals surface area contributed by atoms with Crippen LogP contribution in [0.25, 0.3) is 0 Å². The van der Waals surface area contributed by atoms with Crippen LogP contribution in [0, 0.1) is 17.6 Å². The van der Waals surface area contributed by atoms with Crippen molar-refractivity contribution in [2.24, 2.45) is 5.92 Å². The van der Waals surface area contributed by atoms with Gasteiger partial charge in [0.2, 0.25) is 0 Å². The molecule has 1 aliphatic rings. The molecule has 4 heteroatoms. The van der Waals surface area contributed by atoms with Crippen molar-refractivity contribution in [1.29, 1.82) is 0 Å². The summed E-state index contributed by atoms with van der Waals surface area (Å²) in [7, 11) is 0. The SMILES string of the molecule is CC(C)CN(CC1CCCN1)C(C)c1ccc(F)cc1F. The average molecular weight is 296 g/mol. The van der Waals surface area contributed by atoms with Gasteiger partial charge in [-0.1, -0.05) is 19.9 Å². The van der Waals surface area contributed by atoms with Crippen LogP contribution in [-0.4, -0.2) is 30.6 Å². The Labute approximate surface area is 126 Å². The molecule has 1 saturated heterocycles. The number of benzene rings is 1. The molecule has 0 bridgehead atoms. The molecule has 0 saturated carbocycles. The first-order chi connectivity index (χ1) is 9.97. The summed E-state index contributed by atoms with van der Waals surface area (Å²) in [6.07, 6.45) is 2.38. The van der Waals surface area contributed by atoms with Gasteiger partial charge < -0.3 is 5.32 Å². The second-order valence-corrected chi connectivity index (χ2v) is 6.48. The molecule has 1 N–H and O–H groups in total. The van der Waals surface area contributed by atoms with Crippen molar-refractivity contribution in [2.75, 3.05) is 19.6 Å². The maximum absolute atomic E-state index is 14.0. The van der Waals surface area contributed by atoms with E-state index in [0.29, 0.717) is 17.5 Å². The summed E-state index contributed by atoms with van der Waals surface area (Å²) < 4.78 is 27.1. The minimum atomic E-state index is -0.517. The van der Waals surface area contributed by atoms with Crippen LogP contribution < -0.4 is 5.32 Å². The fourth-order valence-electron chi connectivity index (χ4n) is 3.09. The largest absolute Gasteiger partial charge is 0.313 e. The van der Waals surface area contributed by atoms with Crippen LogP contribution in [0.2, 0.25) is 0 Å². The van der Waals surface area contributed by atoms with Gasteiger partial charge in [-0.3, -0.25) is 4.90 Å². The molecule has 1 aromatic rings. The lowest BCUT2D eigenvalue weighted by Gasteiger charge is -2.33. The molecule has 0 amide bonds. The van der Waals surface area contributed by atoms with Crippen molar-refractivity contribution in [1.82, 2.24) is 10.2 Å². The summed E-state index contributed by atoms with van der Waals surface area (Å²) >= 11 is 0. The first kappa shape index (κ1) is 16.4. The minimum Gasteiger partial charge on any atom is -0.313 e. The fraction of sp³-hybridized carbons (Fsp3) is 0.647. The second-order valence-electron chi connectivity index (χ2n) is 6.48. The lowest BCUT2D eigenvalue weighted by Crippen LogP contribution is -2.40. The molecule has 1 fully saturated rings. The van der Waals surface area contributed by atoms with Gasteiger partial charge >= 0.3 is 0 Å². The quantitative estimate of drug-likeness (QED) is 0.860. The van der Waals surface area contributed by atoms with Gasteiger partial charge in [-0.25, -0.2) is 8.78 Å². The molecule has 0 aromatic heterocycles. The summed E-state index contributed by atoms with van der Waals surface area (Å²) in [5.74, 6) is -0.454. The molecule has 2 rings (SSSR count). The number of nitrogens with one attached hydrogen (secondary N) is 1. The number of halogens is 2. The molecule has 1 heterocycles. The van der Waals surface area contributed by atoms with Gasteiger partial charge in [0.1, 0.15) is 11.6 Å². The highest BCUT2D eigenvalue weighted by atomic mass is 19.1. The molecule has 0 spiro atoms. The van der Waals surface area contributed by atoms with Crippen LogP contribution in [0.3, 0.4) is 0 Å². The van der Waals surface area contributed by atoms with Gasteiger partial charge in [0.05, 0.1) is 0 Å². The molecule has 1 aromatic carbocycles. The molecular weight excluding hydrogens is 270 g/mol. The first-order valence-electron chi connectivity index (χ1n) is 7.89. The Morgan fingerprint density at radius 3 is 2.62 bits per heavy atom. The molecule has 2 unspecified atom stereocenters. The summed E-state index contributed by atoms with van der Waals surface area (Å²) in [5.41, 5.74) is 0.579. The van der Waals surface area contributed by atoms with Gasteiger partial charge in [-0.2, -0.15) is 0 Å². The standard InChI is InChI=1S/C17H26F2N2/c1-12(2)10-21(11-15-5-4-8-20-15)13(3)16-7-6-14(18)9-17(16)19/h6-7,9,12-13,15,20H,4-5,8,10-11H2,1-3H3. The van der Waals surface area contributed by atoms with E-state index >= 15 is 0 Å². The van der Waals surface area contributed by atoms with E-state index in [-0.39, 0.29) is 6.04 Å². The molecule has 118 valence electrons. The van der Waals surface area contributed by atoms with Crippen molar-refractivity contribution in [3.05, 3.63) is 35.4 Å². The van der Waals surface area contributed by atoms with Gasteiger partial charge in [0.25, 0.3) is 0 Å². The summed E-state index contributed by atoms with van der Waals surface area (Å²) in [6, 6.07) is 4.33. The minimum absolute atomic E-state index is 0.0459. The molecule has 1 aliphatic heterocycles. The molecule has 2 atom stereocenters. The lowest BCUT2D eigenvalue weighted by atomic mass is 10.0. The Morgan fingerprint density at radius 1 is 1.29 bits per heavy atom. The van der Waals surface area contributed by atoms with Crippen LogP contribution in [0.15, 0.2) is 18.2 Å². The number of nitrogens with zero attached hydrogens (tertiary/aromatic N) is 1. The Kier molecular flexibility index (Phi) is 5.71. The van der Waals surface area contributed by atoms with Gasteiger partial charge in [0.15, 0.2) is 0 Å². The van der Waals surface area contributed by atoms with Crippen molar-refractivity contribution in [2.45, 2.75) is 45.7 Å². The average Bonchev–Trinajstić information content (AvgIpc) is 2.89. The van der Waals surface area contributed by atoms with E-state index < -0.39 is 11.6 Å². The van der Waals surface area contributed by atoms with Crippen molar-refractivity contribution < 1.29 is 8.78 Å². The highest BCUT2D eigenvalue weighted by molar-refractivity contribution is 5.21. The van der Waals surface area contributed by atoms with Crippen LogP contribution in [0.4, 0.5) is 8.78 Å². The molecule has 0 aliphatic carbocycles. The third kappa shape index (κ3) is 4.48. The maximum atomic E-state index is 14.0. The number of rotatable bonds is 6. The van der Waals surface area contributed by atoms with E-state index in [0.717, 1.165) is 25.7 Å². The number of hydrogen-bond donors (Lipinski definition) is 1. The van der Waals surface area contributed by atoms with Gasteiger partial charge in [-0.15, -0.1) is 0 Å². The Morgan fingerprint density at radius 2 is 2.05 bits per heavy atom. The molecule has 21 heavy (non-hydrogen) atoms. The predicted molar refractivity (Wildman–Crippen MR) is 82.2 cm³/mol.